The lowest BCUT2D eigenvalue weighted by atomic mass is 9.83. The number of amides is 1. The fourth-order valence-corrected chi connectivity index (χ4v) is 1.99. The lowest BCUT2D eigenvalue weighted by Crippen LogP contribution is -2.52. The third-order valence-corrected chi connectivity index (χ3v) is 2.87. The molecule has 0 aromatic heterocycles. The van der Waals surface area contributed by atoms with Crippen molar-refractivity contribution in [2.75, 3.05) is 0 Å². The number of carbonyl (C=O) groups is 2. The highest BCUT2D eigenvalue weighted by atomic mass is 19.3. The minimum Gasteiger partial charge on any atom is -0.481 e. The lowest BCUT2D eigenvalue weighted by molar-refractivity contribution is -0.151. The van der Waals surface area contributed by atoms with Crippen LogP contribution in [0.4, 0.5) is 13.6 Å². The summed E-state index contributed by atoms with van der Waals surface area (Å²) in [6.45, 7) is 4.89. The molecule has 0 spiro atoms. The second kappa shape index (κ2) is 5.30. The van der Waals surface area contributed by atoms with E-state index in [1.807, 2.05) is 0 Å². The Morgan fingerprint density at radius 2 is 1.89 bits per heavy atom. The molecule has 2 atom stereocenters. The highest BCUT2D eigenvalue weighted by Crippen LogP contribution is 2.37. The van der Waals surface area contributed by atoms with Crippen molar-refractivity contribution in [3.63, 3.8) is 0 Å². The van der Waals surface area contributed by atoms with Gasteiger partial charge in [0.25, 0.3) is 5.92 Å². The summed E-state index contributed by atoms with van der Waals surface area (Å²) in [6, 6.07) is -1.38. The molecule has 1 saturated carbocycles. The quantitative estimate of drug-likeness (QED) is 0.813. The van der Waals surface area contributed by atoms with Gasteiger partial charge >= 0.3 is 12.1 Å². The van der Waals surface area contributed by atoms with E-state index in [-0.39, 0.29) is 12.8 Å². The first kappa shape index (κ1) is 15.7. The highest BCUT2D eigenvalue weighted by Gasteiger charge is 2.48. The molecule has 1 rings (SSSR count). The zero-order chi connectivity index (χ0) is 14.8. The van der Waals surface area contributed by atoms with Crippen LogP contribution in [0.15, 0.2) is 0 Å². The van der Waals surface area contributed by atoms with Crippen LogP contribution in [-0.2, 0) is 9.53 Å². The predicted octanol–water partition coefficient (Wildman–Crippen LogP) is 2.40. The number of aliphatic carboxylic acids is 1. The van der Waals surface area contributed by atoms with Crippen molar-refractivity contribution in [1.82, 2.24) is 5.32 Å². The maximum absolute atomic E-state index is 13.7. The number of carboxylic acid groups (broad SMARTS) is 1. The van der Waals surface area contributed by atoms with E-state index in [9.17, 15) is 18.4 Å². The molecule has 0 heterocycles. The van der Waals surface area contributed by atoms with Crippen LogP contribution in [0, 0.1) is 5.92 Å². The zero-order valence-corrected chi connectivity index (χ0v) is 11.2. The maximum atomic E-state index is 13.7. The van der Waals surface area contributed by atoms with E-state index < -0.39 is 42.0 Å². The molecule has 19 heavy (non-hydrogen) atoms. The van der Waals surface area contributed by atoms with Crippen molar-refractivity contribution < 1.29 is 28.2 Å². The number of rotatable bonds is 2. The largest absolute Gasteiger partial charge is 0.481 e. The first-order valence-electron chi connectivity index (χ1n) is 6.11. The second-order valence-corrected chi connectivity index (χ2v) is 5.78. The van der Waals surface area contributed by atoms with Crippen molar-refractivity contribution in [2.24, 2.45) is 5.92 Å². The molecule has 1 amide bonds. The van der Waals surface area contributed by atoms with Crippen LogP contribution in [0.2, 0.25) is 0 Å². The maximum Gasteiger partial charge on any atom is 0.408 e. The van der Waals surface area contributed by atoms with Gasteiger partial charge in [0.2, 0.25) is 0 Å². The molecule has 1 fully saturated rings. The average molecular weight is 279 g/mol. The van der Waals surface area contributed by atoms with Crippen molar-refractivity contribution in [3.05, 3.63) is 0 Å². The topological polar surface area (TPSA) is 75.6 Å². The summed E-state index contributed by atoms with van der Waals surface area (Å²) in [5.74, 6) is -5.53. The van der Waals surface area contributed by atoms with Gasteiger partial charge in [-0.15, -0.1) is 0 Å². The fourth-order valence-electron chi connectivity index (χ4n) is 1.99. The van der Waals surface area contributed by atoms with E-state index in [2.05, 4.69) is 5.32 Å². The van der Waals surface area contributed by atoms with Gasteiger partial charge in [0.1, 0.15) is 5.60 Å². The first-order chi connectivity index (χ1) is 8.51. The van der Waals surface area contributed by atoms with Gasteiger partial charge in [-0.05, 0) is 33.6 Å². The first-order valence-corrected chi connectivity index (χ1v) is 6.11. The van der Waals surface area contributed by atoms with Crippen LogP contribution >= 0.6 is 0 Å². The number of alkyl halides is 2. The smallest absolute Gasteiger partial charge is 0.408 e. The number of nitrogens with one attached hydrogen (secondary N) is 1. The number of halogens is 2. The summed E-state index contributed by atoms with van der Waals surface area (Å²) in [4.78, 5) is 22.2. The van der Waals surface area contributed by atoms with Crippen molar-refractivity contribution in [3.8, 4) is 0 Å². The van der Waals surface area contributed by atoms with Gasteiger partial charge in [-0.1, -0.05) is 0 Å². The molecule has 0 bridgehead atoms. The third-order valence-electron chi connectivity index (χ3n) is 2.87. The second-order valence-electron chi connectivity index (χ2n) is 5.78. The van der Waals surface area contributed by atoms with E-state index in [0.29, 0.717) is 0 Å². The summed E-state index contributed by atoms with van der Waals surface area (Å²) in [6.07, 6.45) is -1.64. The molecule has 1 aliphatic carbocycles. The summed E-state index contributed by atoms with van der Waals surface area (Å²) < 4.78 is 32.4. The van der Waals surface area contributed by atoms with Crippen LogP contribution in [0.3, 0.4) is 0 Å². The Balaban J connectivity index is 2.60. The number of carboxylic acids is 1. The van der Waals surface area contributed by atoms with Crippen LogP contribution in [0.1, 0.15) is 40.0 Å². The summed E-state index contributed by atoms with van der Waals surface area (Å²) >= 11 is 0. The SMILES string of the molecule is CC(C)(C)OC(=O)N[C@@H]1CC[C@@H](C(=O)O)CC1(F)F. The number of ether oxygens (including phenoxy) is 1. The van der Waals surface area contributed by atoms with Gasteiger partial charge in [-0.2, -0.15) is 0 Å². The van der Waals surface area contributed by atoms with Gasteiger partial charge in [-0.3, -0.25) is 4.79 Å². The van der Waals surface area contributed by atoms with E-state index in [1.165, 1.54) is 0 Å². The molecular formula is C12H19F2NO4. The highest BCUT2D eigenvalue weighted by molar-refractivity contribution is 5.71. The lowest BCUT2D eigenvalue weighted by Gasteiger charge is -2.35. The molecule has 0 aromatic rings. The van der Waals surface area contributed by atoms with Gasteiger partial charge in [-0.25, -0.2) is 13.6 Å². The minimum absolute atomic E-state index is 0.0801. The normalized spacial score (nSPS) is 26.6. The van der Waals surface area contributed by atoms with Crippen LogP contribution in [0.25, 0.3) is 0 Å². The molecule has 0 unspecified atom stereocenters. The fraction of sp³-hybridized carbons (Fsp3) is 0.833. The Morgan fingerprint density at radius 3 is 2.32 bits per heavy atom. The monoisotopic (exact) mass is 279 g/mol. The van der Waals surface area contributed by atoms with Crippen LogP contribution < -0.4 is 5.32 Å². The van der Waals surface area contributed by atoms with Crippen molar-refractivity contribution >= 4 is 12.1 Å². The molecule has 110 valence electrons. The third kappa shape index (κ3) is 4.65. The summed E-state index contributed by atoms with van der Waals surface area (Å²) in [5, 5.41) is 10.9. The van der Waals surface area contributed by atoms with Gasteiger partial charge < -0.3 is 15.2 Å². The molecule has 1 aliphatic rings. The van der Waals surface area contributed by atoms with E-state index >= 15 is 0 Å². The van der Waals surface area contributed by atoms with Crippen molar-refractivity contribution in [1.29, 1.82) is 0 Å². The summed E-state index contributed by atoms with van der Waals surface area (Å²) in [5.41, 5.74) is -0.766. The zero-order valence-electron chi connectivity index (χ0n) is 11.2. The number of hydrogen-bond donors (Lipinski definition) is 2. The van der Waals surface area contributed by atoms with E-state index in [4.69, 9.17) is 9.84 Å². The Morgan fingerprint density at radius 1 is 1.32 bits per heavy atom. The van der Waals surface area contributed by atoms with Crippen LogP contribution in [-0.4, -0.2) is 34.7 Å². The van der Waals surface area contributed by atoms with E-state index in [0.717, 1.165) is 0 Å². The Kier molecular flexibility index (Phi) is 4.37. The predicted molar refractivity (Wildman–Crippen MR) is 63.1 cm³/mol. The number of hydrogen-bond acceptors (Lipinski definition) is 3. The van der Waals surface area contributed by atoms with Crippen molar-refractivity contribution in [2.45, 2.75) is 57.6 Å². The Bertz CT molecular complexity index is 365. The molecule has 7 heteroatoms. The molecule has 2 N–H and O–H groups in total. The minimum atomic E-state index is -3.24. The van der Waals surface area contributed by atoms with Gasteiger partial charge in [0, 0.05) is 6.42 Å². The van der Waals surface area contributed by atoms with Gasteiger partial charge in [0.15, 0.2) is 0 Å². The average Bonchev–Trinajstić information content (AvgIpc) is 2.17. The molecular weight excluding hydrogens is 260 g/mol. The van der Waals surface area contributed by atoms with Gasteiger partial charge in [0.05, 0.1) is 12.0 Å². The molecule has 5 nitrogen and oxygen atoms in total. The molecule has 0 aromatic carbocycles. The van der Waals surface area contributed by atoms with Crippen LogP contribution in [0.5, 0.6) is 0 Å². The molecule has 0 radical (unpaired) electrons. The summed E-state index contributed by atoms with van der Waals surface area (Å²) in [7, 11) is 0. The number of alkyl carbamates (subject to hydrolysis) is 1. The Hall–Kier alpha value is -1.40. The number of carbonyl (C=O) groups excluding carboxylic acids is 1. The Labute approximate surface area is 110 Å². The molecule has 0 aliphatic heterocycles. The van der Waals surface area contributed by atoms with E-state index in [1.54, 1.807) is 20.8 Å². The standard InChI is InChI=1S/C12H19F2NO4/c1-11(2,3)19-10(18)15-8-5-4-7(9(16)17)6-12(8,13)14/h7-8H,4-6H2,1-3H3,(H,15,18)(H,16,17)/t7-,8-/m1/s1. The molecule has 0 saturated heterocycles.